The van der Waals surface area contributed by atoms with Gasteiger partial charge < -0.3 is 20.5 Å². The number of nitrogens with one attached hydrogen (secondary N) is 3. The molecule has 0 aliphatic carbocycles. The molecule has 1 amide bonds. The summed E-state index contributed by atoms with van der Waals surface area (Å²) in [4.78, 5) is 28.9. The van der Waals surface area contributed by atoms with Crippen LogP contribution in [0.2, 0.25) is 0 Å². The second-order valence-electron chi connectivity index (χ2n) is 4.65. The Morgan fingerprint density at radius 3 is 3.00 bits per heavy atom. The molecule has 2 aromatic heterocycles. The summed E-state index contributed by atoms with van der Waals surface area (Å²) in [5.41, 5.74) is 1.32. The first-order valence-electron chi connectivity index (χ1n) is 6.41. The van der Waals surface area contributed by atoms with Gasteiger partial charge in [0.25, 0.3) is 0 Å². The van der Waals surface area contributed by atoms with E-state index in [0.717, 1.165) is 5.52 Å². The smallest absolute Gasteiger partial charge is 0.239 e. The van der Waals surface area contributed by atoms with Gasteiger partial charge in [-0.2, -0.15) is 0 Å². The van der Waals surface area contributed by atoms with Gasteiger partial charge in [-0.15, -0.1) is 0 Å². The van der Waals surface area contributed by atoms with Gasteiger partial charge in [0, 0.05) is 19.6 Å². The summed E-state index contributed by atoms with van der Waals surface area (Å²) in [6.45, 7) is 2.82. The SMILES string of the molecule is CNC(C)CNC(=O)CN(C)c1ncnc2nc[nH]c12. The molecule has 1 atom stereocenters. The molecular formula is C12H19N7O. The first-order valence-corrected chi connectivity index (χ1v) is 6.41. The lowest BCUT2D eigenvalue weighted by molar-refractivity contribution is -0.119. The van der Waals surface area contributed by atoms with Crippen molar-refractivity contribution in [2.45, 2.75) is 13.0 Å². The highest BCUT2D eigenvalue weighted by Gasteiger charge is 2.13. The lowest BCUT2D eigenvalue weighted by atomic mass is 10.3. The number of hydrogen-bond donors (Lipinski definition) is 3. The molecule has 0 bridgehead atoms. The second-order valence-corrected chi connectivity index (χ2v) is 4.65. The van der Waals surface area contributed by atoms with Crippen molar-refractivity contribution in [2.24, 2.45) is 0 Å². The van der Waals surface area contributed by atoms with Gasteiger partial charge in [-0.05, 0) is 14.0 Å². The van der Waals surface area contributed by atoms with E-state index in [0.29, 0.717) is 18.0 Å². The number of H-pyrrole nitrogens is 1. The summed E-state index contributed by atoms with van der Waals surface area (Å²) in [5, 5.41) is 5.93. The third-order valence-corrected chi connectivity index (χ3v) is 3.04. The predicted molar refractivity (Wildman–Crippen MR) is 76.5 cm³/mol. The fourth-order valence-corrected chi connectivity index (χ4v) is 1.76. The standard InChI is InChI=1S/C12H19N7O/c1-8(13-2)4-14-9(20)5-19(3)12-10-11(16-6-15-10)17-7-18-12/h6-8,13H,4-5H2,1-3H3,(H,14,20)(H,15,16,17,18). The average molecular weight is 277 g/mol. The van der Waals surface area contributed by atoms with E-state index in [4.69, 9.17) is 0 Å². The van der Waals surface area contributed by atoms with Gasteiger partial charge in [0.2, 0.25) is 5.91 Å². The molecule has 0 saturated heterocycles. The summed E-state index contributed by atoms with van der Waals surface area (Å²) < 4.78 is 0. The van der Waals surface area contributed by atoms with E-state index in [9.17, 15) is 4.79 Å². The fraction of sp³-hybridized carbons (Fsp3) is 0.500. The molecule has 0 spiro atoms. The molecule has 2 aromatic rings. The van der Waals surface area contributed by atoms with E-state index >= 15 is 0 Å². The Labute approximate surface area is 117 Å². The maximum absolute atomic E-state index is 11.9. The molecule has 1 unspecified atom stereocenters. The molecular weight excluding hydrogens is 258 g/mol. The van der Waals surface area contributed by atoms with E-state index in [1.54, 1.807) is 11.2 Å². The quantitative estimate of drug-likeness (QED) is 0.659. The number of carbonyl (C=O) groups excluding carboxylic acids is 1. The Bertz CT molecular complexity index is 582. The van der Waals surface area contributed by atoms with E-state index in [2.05, 4.69) is 30.6 Å². The number of aromatic nitrogens is 4. The van der Waals surface area contributed by atoms with E-state index < -0.39 is 0 Å². The molecule has 0 radical (unpaired) electrons. The van der Waals surface area contributed by atoms with Gasteiger partial charge in [0.05, 0.1) is 12.9 Å². The second kappa shape index (κ2) is 6.29. The largest absolute Gasteiger partial charge is 0.353 e. The first kappa shape index (κ1) is 14.2. The Hall–Kier alpha value is -2.22. The van der Waals surface area contributed by atoms with Crippen molar-refractivity contribution in [2.75, 3.05) is 32.1 Å². The van der Waals surface area contributed by atoms with Crippen molar-refractivity contribution >= 4 is 22.9 Å². The highest BCUT2D eigenvalue weighted by molar-refractivity contribution is 5.86. The fourth-order valence-electron chi connectivity index (χ4n) is 1.76. The van der Waals surface area contributed by atoms with Crippen LogP contribution in [0.25, 0.3) is 11.2 Å². The Morgan fingerprint density at radius 1 is 1.45 bits per heavy atom. The molecule has 0 fully saturated rings. The topological polar surface area (TPSA) is 98.8 Å². The van der Waals surface area contributed by atoms with Crippen LogP contribution in [0.3, 0.4) is 0 Å². The molecule has 0 aliphatic heterocycles. The number of likely N-dealkylation sites (N-methyl/N-ethyl adjacent to an activating group) is 2. The van der Waals surface area contributed by atoms with Crippen molar-refractivity contribution in [1.82, 2.24) is 30.6 Å². The zero-order valence-corrected chi connectivity index (χ0v) is 11.8. The van der Waals surface area contributed by atoms with Gasteiger partial charge in [-0.25, -0.2) is 15.0 Å². The Balaban J connectivity index is 1.99. The molecule has 2 heterocycles. The first-order chi connectivity index (χ1) is 9.61. The molecule has 8 nitrogen and oxygen atoms in total. The highest BCUT2D eigenvalue weighted by Crippen LogP contribution is 2.17. The zero-order valence-electron chi connectivity index (χ0n) is 11.8. The lowest BCUT2D eigenvalue weighted by Crippen LogP contribution is -2.41. The number of rotatable bonds is 6. The van der Waals surface area contributed by atoms with Gasteiger partial charge in [-0.3, -0.25) is 4.79 Å². The van der Waals surface area contributed by atoms with E-state index in [1.807, 2.05) is 21.0 Å². The monoisotopic (exact) mass is 277 g/mol. The average Bonchev–Trinajstić information content (AvgIpc) is 2.92. The van der Waals surface area contributed by atoms with Crippen LogP contribution in [0, 0.1) is 0 Å². The Kier molecular flexibility index (Phi) is 4.46. The van der Waals surface area contributed by atoms with Crippen molar-refractivity contribution in [3.8, 4) is 0 Å². The molecule has 3 N–H and O–H groups in total. The van der Waals surface area contributed by atoms with Gasteiger partial charge >= 0.3 is 0 Å². The van der Waals surface area contributed by atoms with E-state index in [-0.39, 0.29) is 18.5 Å². The van der Waals surface area contributed by atoms with Crippen LogP contribution in [-0.2, 0) is 4.79 Å². The number of amides is 1. The van der Waals surface area contributed by atoms with Crippen LogP contribution >= 0.6 is 0 Å². The van der Waals surface area contributed by atoms with Gasteiger partial charge in [0.1, 0.15) is 11.8 Å². The molecule has 0 aromatic carbocycles. The molecule has 2 rings (SSSR count). The van der Waals surface area contributed by atoms with Crippen LogP contribution in [0.4, 0.5) is 5.82 Å². The maximum atomic E-state index is 11.9. The summed E-state index contributed by atoms with van der Waals surface area (Å²) in [5.74, 6) is 0.602. The van der Waals surface area contributed by atoms with Crippen LogP contribution in [0.1, 0.15) is 6.92 Å². The summed E-state index contributed by atoms with van der Waals surface area (Å²) in [6.07, 6.45) is 3.00. The minimum atomic E-state index is -0.0547. The third kappa shape index (κ3) is 3.21. The normalized spacial score (nSPS) is 12.3. The number of nitrogens with zero attached hydrogens (tertiary/aromatic N) is 4. The summed E-state index contributed by atoms with van der Waals surface area (Å²) >= 11 is 0. The van der Waals surface area contributed by atoms with Crippen molar-refractivity contribution in [1.29, 1.82) is 0 Å². The minimum Gasteiger partial charge on any atom is -0.353 e. The zero-order chi connectivity index (χ0) is 14.5. The molecule has 0 aliphatic rings. The predicted octanol–water partition coefficient (Wildman–Crippen LogP) is -0.487. The van der Waals surface area contributed by atoms with Crippen molar-refractivity contribution < 1.29 is 4.79 Å². The van der Waals surface area contributed by atoms with Crippen LogP contribution in [-0.4, -0.2) is 59.1 Å². The van der Waals surface area contributed by atoms with Gasteiger partial charge in [-0.1, -0.05) is 0 Å². The third-order valence-electron chi connectivity index (χ3n) is 3.04. The maximum Gasteiger partial charge on any atom is 0.239 e. The lowest BCUT2D eigenvalue weighted by Gasteiger charge is -2.18. The number of fused-ring (bicyclic) bond motifs is 1. The number of hydrogen-bond acceptors (Lipinski definition) is 6. The number of aromatic amines is 1. The number of carbonyl (C=O) groups is 1. The Morgan fingerprint density at radius 2 is 2.25 bits per heavy atom. The van der Waals surface area contributed by atoms with Crippen LogP contribution < -0.4 is 15.5 Å². The van der Waals surface area contributed by atoms with Crippen LogP contribution in [0.15, 0.2) is 12.7 Å². The van der Waals surface area contributed by atoms with Crippen molar-refractivity contribution in [3.63, 3.8) is 0 Å². The van der Waals surface area contributed by atoms with Crippen molar-refractivity contribution in [3.05, 3.63) is 12.7 Å². The highest BCUT2D eigenvalue weighted by atomic mass is 16.2. The molecule has 0 saturated carbocycles. The van der Waals surface area contributed by atoms with E-state index in [1.165, 1.54) is 6.33 Å². The molecule has 108 valence electrons. The summed E-state index contributed by atoms with van der Waals surface area (Å²) in [6, 6.07) is 0.239. The van der Waals surface area contributed by atoms with Crippen LogP contribution in [0.5, 0.6) is 0 Å². The minimum absolute atomic E-state index is 0.0547. The number of imidazole rings is 1. The number of anilines is 1. The molecule has 20 heavy (non-hydrogen) atoms. The van der Waals surface area contributed by atoms with Gasteiger partial charge in [0.15, 0.2) is 11.5 Å². The summed E-state index contributed by atoms with van der Waals surface area (Å²) in [7, 11) is 3.67. The molecule has 8 heteroatoms.